The molecule has 2 aliphatic carbocycles. The molecule has 0 bridgehead atoms. The van der Waals surface area contributed by atoms with Gasteiger partial charge in [0.15, 0.2) is 0 Å². The molecule has 0 unspecified atom stereocenters. The highest BCUT2D eigenvalue weighted by Gasteiger charge is 2.33. The Kier molecular flexibility index (Phi) is 4.82. The van der Waals surface area contributed by atoms with Crippen molar-refractivity contribution in [2.24, 2.45) is 5.92 Å². The molecule has 0 spiro atoms. The summed E-state index contributed by atoms with van der Waals surface area (Å²) >= 11 is 0. The fourth-order valence-corrected chi connectivity index (χ4v) is 2.95. The molecule has 0 aliphatic heterocycles. The van der Waals surface area contributed by atoms with Crippen LogP contribution in [0.1, 0.15) is 43.7 Å². The first-order valence-corrected chi connectivity index (χ1v) is 8.73. The number of nitrogens with zero attached hydrogens (tertiary/aromatic N) is 2. The van der Waals surface area contributed by atoms with E-state index in [-0.39, 0.29) is 0 Å². The van der Waals surface area contributed by atoms with Crippen LogP contribution >= 0.6 is 0 Å². The third-order valence-corrected chi connectivity index (χ3v) is 4.80. The number of carbonyl (C=O) groups is 1. The maximum absolute atomic E-state index is 12.8. The Morgan fingerprint density at radius 2 is 1.82 bits per heavy atom. The van der Waals surface area contributed by atoms with Crippen LogP contribution in [-0.4, -0.2) is 41.4 Å². The minimum atomic E-state index is 0.311. The molecule has 2 aliphatic rings. The SMILES string of the molecule is CCN(CC(=O)N(Cc1ccc(C)cc1)C1CC1)CC1CC1. The normalized spacial score (nSPS) is 17.8. The fourth-order valence-electron chi connectivity index (χ4n) is 2.95. The smallest absolute Gasteiger partial charge is 0.237 e. The van der Waals surface area contributed by atoms with Gasteiger partial charge in [0.1, 0.15) is 0 Å². The third kappa shape index (κ3) is 4.33. The van der Waals surface area contributed by atoms with Crippen LogP contribution in [0.25, 0.3) is 0 Å². The summed E-state index contributed by atoms with van der Waals surface area (Å²) in [5.41, 5.74) is 2.52. The molecule has 2 saturated carbocycles. The van der Waals surface area contributed by atoms with Crippen molar-refractivity contribution in [1.29, 1.82) is 0 Å². The van der Waals surface area contributed by atoms with E-state index < -0.39 is 0 Å². The van der Waals surface area contributed by atoms with E-state index >= 15 is 0 Å². The van der Waals surface area contributed by atoms with Crippen LogP contribution in [0.15, 0.2) is 24.3 Å². The molecule has 0 radical (unpaired) electrons. The Balaban J connectivity index is 1.59. The highest BCUT2D eigenvalue weighted by molar-refractivity contribution is 5.79. The number of hydrogen-bond donors (Lipinski definition) is 0. The largest absolute Gasteiger partial charge is 0.334 e. The van der Waals surface area contributed by atoms with Crippen LogP contribution in [0.3, 0.4) is 0 Å². The number of amides is 1. The average molecular weight is 300 g/mol. The van der Waals surface area contributed by atoms with Crippen molar-refractivity contribution < 1.29 is 4.79 Å². The van der Waals surface area contributed by atoms with E-state index in [1.54, 1.807) is 0 Å². The first-order chi connectivity index (χ1) is 10.7. The minimum absolute atomic E-state index is 0.311. The summed E-state index contributed by atoms with van der Waals surface area (Å²) < 4.78 is 0. The first-order valence-electron chi connectivity index (χ1n) is 8.73. The fraction of sp³-hybridized carbons (Fsp3) is 0.632. The van der Waals surface area contributed by atoms with Gasteiger partial charge in [-0.05, 0) is 50.6 Å². The Morgan fingerprint density at radius 1 is 1.14 bits per heavy atom. The Bertz CT molecular complexity index is 503. The second-order valence-corrected chi connectivity index (χ2v) is 7.01. The van der Waals surface area contributed by atoms with Crippen molar-refractivity contribution in [2.45, 2.75) is 52.1 Å². The van der Waals surface area contributed by atoms with E-state index in [0.29, 0.717) is 18.5 Å². The summed E-state index contributed by atoms with van der Waals surface area (Å²) in [6.45, 7) is 7.71. The predicted octanol–water partition coefficient (Wildman–Crippen LogP) is 3.22. The molecule has 2 fully saturated rings. The van der Waals surface area contributed by atoms with Gasteiger partial charge in [-0.15, -0.1) is 0 Å². The Morgan fingerprint density at radius 3 is 2.36 bits per heavy atom. The second-order valence-electron chi connectivity index (χ2n) is 7.01. The predicted molar refractivity (Wildman–Crippen MR) is 89.6 cm³/mol. The summed E-state index contributed by atoms with van der Waals surface area (Å²) in [5.74, 6) is 1.16. The summed E-state index contributed by atoms with van der Waals surface area (Å²) in [6, 6.07) is 9.06. The standard InChI is InChI=1S/C19H28N2O/c1-3-20(12-16-8-9-16)14-19(22)21(18-10-11-18)13-17-6-4-15(2)5-7-17/h4-7,16,18H,3,8-14H2,1-2H3. The van der Waals surface area contributed by atoms with E-state index in [0.717, 1.165) is 25.6 Å². The molecule has 3 heteroatoms. The number of hydrogen-bond acceptors (Lipinski definition) is 2. The van der Waals surface area contributed by atoms with Gasteiger partial charge in [-0.1, -0.05) is 36.8 Å². The molecule has 0 aromatic heterocycles. The zero-order chi connectivity index (χ0) is 15.5. The zero-order valence-corrected chi connectivity index (χ0v) is 13.9. The lowest BCUT2D eigenvalue weighted by Gasteiger charge is -2.27. The summed E-state index contributed by atoms with van der Waals surface area (Å²) in [4.78, 5) is 17.2. The van der Waals surface area contributed by atoms with Gasteiger partial charge in [-0.2, -0.15) is 0 Å². The van der Waals surface area contributed by atoms with Crippen LogP contribution in [0, 0.1) is 12.8 Å². The van der Waals surface area contributed by atoms with Crippen LogP contribution in [0.4, 0.5) is 0 Å². The highest BCUT2D eigenvalue weighted by Crippen LogP contribution is 2.31. The van der Waals surface area contributed by atoms with Gasteiger partial charge in [0.2, 0.25) is 5.91 Å². The molecule has 0 saturated heterocycles. The lowest BCUT2D eigenvalue weighted by molar-refractivity contribution is -0.133. The number of aryl methyl sites for hydroxylation is 1. The van der Waals surface area contributed by atoms with Gasteiger partial charge in [0, 0.05) is 19.1 Å². The first kappa shape index (κ1) is 15.5. The summed E-state index contributed by atoms with van der Waals surface area (Å²) in [5, 5.41) is 0. The van der Waals surface area contributed by atoms with Crippen molar-refractivity contribution in [1.82, 2.24) is 9.80 Å². The number of likely N-dealkylation sites (N-methyl/N-ethyl adjacent to an activating group) is 1. The molecular formula is C19H28N2O. The van der Waals surface area contributed by atoms with Crippen molar-refractivity contribution >= 4 is 5.91 Å². The van der Waals surface area contributed by atoms with Gasteiger partial charge < -0.3 is 4.90 Å². The quantitative estimate of drug-likeness (QED) is 0.736. The van der Waals surface area contributed by atoms with Crippen molar-refractivity contribution in [2.75, 3.05) is 19.6 Å². The van der Waals surface area contributed by atoms with E-state index in [4.69, 9.17) is 0 Å². The lowest BCUT2D eigenvalue weighted by atomic mass is 10.1. The van der Waals surface area contributed by atoms with Gasteiger partial charge in [-0.3, -0.25) is 9.69 Å². The number of rotatable bonds is 8. The number of benzene rings is 1. The molecule has 1 aromatic rings. The van der Waals surface area contributed by atoms with Crippen LogP contribution in [-0.2, 0) is 11.3 Å². The molecule has 1 amide bonds. The monoisotopic (exact) mass is 300 g/mol. The molecule has 120 valence electrons. The molecule has 0 heterocycles. The lowest BCUT2D eigenvalue weighted by Crippen LogP contribution is -2.41. The maximum Gasteiger partial charge on any atom is 0.237 e. The van der Waals surface area contributed by atoms with Crippen molar-refractivity contribution in [3.05, 3.63) is 35.4 Å². The second kappa shape index (κ2) is 6.82. The zero-order valence-electron chi connectivity index (χ0n) is 13.9. The average Bonchev–Trinajstić information content (AvgIpc) is 3.39. The van der Waals surface area contributed by atoms with E-state index in [1.165, 1.54) is 36.8 Å². The van der Waals surface area contributed by atoms with E-state index in [1.807, 2.05) is 0 Å². The van der Waals surface area contributed by atoms with Gasteiger partial charge in [-0.25, -0.2) is 0 Å². The van der Waals surface area contributed by atoms with Gasteiger partial charge in [0.25, 0.3) is 0 Å². The molecule has 0 atom stereocenters. The van der Waals surface area contributed by atoms with Crippen LogP contribution < -0.4 is 0 Å². The molecule has 3 rings (SSSR count). The Labute approximate surface area is 134 Å². The Hall–Kier alpha value is -1.35. The highest BCUT2D eigenvalue weighted by atomic mass is 16.2. The van der Waals surface area contributed by atoms with E-state index in [2.05, 4.69) is 47.9 Å². The number of carbonyl (C=O) groups excluding carboxylic acids is 1. The van der Waals surface area contributed by atoms with Crippen LogP contribution in [0.2, 0.25) is 0 Å². The van der Waals surface area contributed by atoms with Gasteiger partial charge in [0.05, 0.1) is 6.54 Å². The molecule has 0 N–H and O–H groups in total. The molecular weight excluding hydrogens is 272 g/mol. The maximum atomic E-state index is 12.8. The van der Waals surface area contributed by atoms with Gasteiger partial charge >= 0.3 is 0 Å². The van der Waals surface area contributed by atoms with E-state index in [9.17, 15) is 4.79 Å². The summed E-state index contributed by atoms with van der Waals surface area (Å²) in [7, 11) is 0. The van der Waals surface area contributed by atoms with Crippen molar-refractivity contribution in [3.63, 3.8) is 0 Å². The topological polar surface area (TPSA) is 23.6 Å². The summed E-state index contributed by atoms with van der Waals surface area (Å²) in [6.07, 6.45) is 5.04. The third-order valence-electron chi connectivity index (χ3n) is 4.80. The molecule has 1 aromatic carbocycles. The molecule has 3 nitrogen and oxygen atoms in total. The van der Waals surface area contributed by atoms with Crippen molar-refractivity contribution in [3.8, 4) is 0 Å². The molecule has 22 heavy (non-hydrogen) atoms. The van der Waals surface area contributed by atoms with Crippen LogP contribution in [0.5, 0.6) is 0 Å². The minimum Gasteiger partial charge on any atom is -0.334 e.